The molecule has 4 rings (SSSR count). The van der Waals surface area contributed by atoms with Crippen LogP contribution in [0.2, 0.25) is 0 Å². The summed E-state index contributed by atoms with van der Waals surface area (Å²) in [4.78, 5) is 25.4. The smallest absolute Gasteiger partial charge is 0.449 e. The van der Waals surface area contributed by atoms with Gasteiger partial charge >= 0.3 is 6.16 Å². The van der Waals surface area contributed by atoms with Crippen LogP contribution < -0.4 is 20.4 Å². The van der Waals surface area contributed by atoms with Gasteiger partial charge in [-0.25, -0.2) is 18.0 Å². The maximum Gasteiger partial charge on any atom is 0.511 e. The second-order valence-corrected chi connectivity index (χ2v) is 8.02. The Bertz CT molecular complexity index is 1060. The van der Waals surface area contributed by atoms with Gasteiger partial charge in [0.15, 0.2) is 5.75 Å². The molecule has 2 aliphatic heterocycles. The zero-order valence-electron chi connectivity index (χ0n) is 16.7. The lowest BCUT2D eigenvalue weighted by atomic mass is 10.0. The number of fused-ring (bicyclic) bond motifs is 2. The molecular weight excluding hydrogens is 419 g/mol. The summed E-state index contributed by atoms with van der Waals surface area (Å²) in [7, 11) is 0. The van der Waals surface area contributed by atoms with E-state index in [-0.39, 0.29) is 28.7 Å². The van der Waals surface area contributed by atoms with Crippen LogP contribution in [0.1, 0.15) is 6.92 Å². The predicted molar refractivity (Wildman–Crippen MR) is 106 cm³/mol. The molecular formula is C20H22F3N3O5. The van der Waals surface area contributed by atoms with Crippen molar-refractivity contribution in [1.29, 1.82) is 0 Å². The van der Waals surface area contributed by atoms with Crippen molar-refractivity contribution in [3.05, 3.63) is 34.4 Å². The minimum Gasteiger partial charge on any atom is -0.449 e. The van der Waals surface area contributed by atoms with E-state index in [1.807, 2.05) is 0 Å². The van der Waals surface area contributed by atoms with Gasteiger partial charge in [-0.2, -0.15) is 0 Å². The number of nitrogens with one attached hydrogen (secondary N) is 1. The van der Waals surface area contributed by atoms with E-state index >= 15 is 4.39 Å². The number of ether oxygens (including phenoxy) is 2. The fourth-order valence-corrected chi connectivity index (χ4v) is 4.12. The monoisotopic (exact) mass is 441 g/mol. The zero-order chi connectivity index (χ0) is 22.3. The second kappa shape index (κ2) is 8.04. The minimum absolute atomic E-state index is 0.0133. The Labute approximate surface area is 175 Å². The van der Waals surface area contributed by atoms with Gasteiger partial charge in [-0.3, -0.25) is 4.79 Å². The van der Waals surface area contributed by atoms with Crippen molar-refractivity contribution in [2.24, 2.45) is 0 Å². The van der Waals surface area contributed by atoms with Crippen molar-refractivity contribution in [1.82, 2.24) is 9.88 Å². The number of pyridine rings is 1. The highest BCUT2D eigenvalue weighted by molar-refractivity contribution is 5.85. The van der Waals surface area contributed by atoms with Crippen LogP contribution in [0.3, 0.4) is 0 Å². The first kappa shape index (κ1) is 21.4. The number of anilines is 1. The van der Waals surface area contributed by atoms with Crippen LogP contribution in [0.25, 0.3) is 10.9 Å². The van der Waals surface area contributed by atoms with E-state index < -0.39 is 42.0 Å². The Kier molecular flexibility index (Phi) is 5.56. The molecule has 31 heavy (non-hydrogen) atoms. The molecule has 0 saturated carbocycles. The van der Waals surface area contributed by atoms with Crippen LogP contribution in [0.5, 0.6) is 5.75 Å². The number of carboxylic acid groups (broad SMARTS) is 1. The Morgan fingerprint density at radius 2 is 2.10 bits per heavy atom. The van der Waals surface area contributed by atoms with Gasteiger partial charge in [-0.1, -0.05) is 0 Å². The van der Waals surface area contributed by atoms with E-state index in [9.17, 15) is 18.4 Å². The van der Waals surface area contributed by atoms with Crippen molar-refractivity contribution < 1.29 is 32.5 Å². The van der Waals surface area contributed by atoms with E-state index in [4.69, 9.17) is 9.84 Å². The number of benzene rings is 1. The highest BCUT2D eigenvalue weighted by Crippen LogP contribution is 2.32. The van der Waals surface area contributed by atoms with Gasteiger partial charge in [-0.15, -0.1) is 0 Å². The van der Waals surface area contributed by atoms with Crippen LogP contribution >= 0.6 is 0 Å². The van der Waals surface area contributed by atoms with Crippen molar-refractivity contribution in [3.63, 3.8) is 0 Å². The molecule has 2 N–H and O–H groups in total. The van der Waals surface area contributed by atoms with E-state index in [0.29, 0.717) is 26.2 Å². The molecule has 0 radical (unpaired) electrons. The normalized spacial score (nSPS) is 21.4. The zero-order valence-corrected chi connectivity index (χ0v) is 16.7. The molecule has 2 fully saturated rings. The third kappa shape index (κ3) is 3.72. The Balaban J connectivity index is 1.89. The molecule has 1 aromatic carbocycles. The van der Waals surface area contributed by atoms with E-state index in [1.54, 1.807) is 4.90 Å². The number of nitrogens with zero attached hydrogens (tertiary/aromatic N) is 2. The average molecular weight is 441 g/mol. The van der Waals surface area contributed by atoms with Gasteiger partial charge in [-0.05, 0) is 19.1 Å². The molecule has 2 aliphatic rings. The lowest BCUT2D eigenvalue weighted by Gasteiger charge is -2.29. The lowest BCUT2D eigenvalue weighted by molar-refractivity contribution is 0.0212. The highest BCUT2D eigenvalue weighted by Gasteiger charge is 2.37. The summed E-state index contributed by atoms with van der Waals surface area (Å²) >= 11 is 0. The Morgan fingerprint density at radius 1 is 1.35 bits per heavy atom. The number of hydrogen-bond donors (Lipinski definition) is 2. The summed E-state index contributed by atoms with van der Waals surface area (Å²) in [5.41, 5.74) is -2.41. The molecule has 8 nitrogen and oxygen atoms in total. The summed E-state index contributed by atoms with van der Waals surface area (Å²) in [5, 5.41) is 12.0. The Morgan fingerprint density at radius 3 is 2.74 bits per heavy atom. The molecule has 2 aromatic rings. The van der Waals surface area contributed by atoms with Crippen molar-refractivity contribution in [2.45, 2.75) is 24.6 Å². The highest BCUT2D eigenvalue weighted by atomic mass is 19.1. The number of morpholine rings is 1. The second-order valence-electron chi connectivity index (χ2n) is 8.02. The molecule has 2 saturated heterocycles. The van der Waals surface area contributed by atoms with E-state index in [2.05, 4.69) is 10.1 Å². The van der Waals surface area contributed by atoms with Crippen LogP contribution in [0, 0.1) is 5.82 Å². The fraction of sp³-hybridized carbons (Fsp3) is 0.500. The first-order valence-electron chi connectivity index (χ1n) is 9.79. The van der Waals surface area contributed by atoms with Gasteiger partial charge in [0.05, 0.1) is 47.1 Å². The van der Waals surface area contributed by atoms with Crippen molar-refractivity contribution in [3.8, 4) is 5.75 Å². The molecule has 0 amide bonds. The number of hydrogen-bond acceptors (Lipinski definition) is 6. The molecule has 1 aromatic heterocycles. The SMILES string of the molecule is CC(CF)(CF)n1cc(OC(=O)O)c(=O)c2cc(F)c(N3C[C@@H]4OCCN[C@@H]4C3)cc21. The molecule has 168 valence electrons. The first-order chi connectivity index (χ1) is 14.8. The van der Waals surface area contributed by atoms with Crippen LogP contribution in [0.15, 0.2) is 23.1 Å². The maximum absolute atomic E-state index is 15.1. The van der Waals surface area contributed by atoms with Crippen LogP contribution in [0.4, 0.5) is 23.7 Å². The van der Waals surface area contributed by atoms with Crippen LogP contribution in [-0.4, -0.2) is 67.6 Å². The quantitative estimate of drug-likeness (QED) is 0.686. The number of rotatable bonds is 5. The molecule has 3 heterocycles. The molecule has 0 bridgehead atoms. The maximum atomic E-state index is 15.1. The lowest BCUT2D eigenvalue weighted by Crippen LogP contribution is -2.47. The largest absolute Gasteiger partial charge is 0.511 e. The predicted octanol–water partition coefficient (Wildman–Crippen LogP) is 2.03. The van der Waals surface area contributed by atoms with Gasteiger partial charge in [0, 0.05) is 19.6 Å². The number of halogens is 3. The number of carbonyl (C=O) groups is 1. The Hall–Kier alpha value is -2.79. The molecule has 2 atom stereocenters. The van der Waals surface area contributed by atoms with E-state index in [0.717, 1.165) is 16.8 Å². The third-order valence-corrected chi connectivity index (χ3v) is 5.84. The summed E-state index contributed by atoms with van der Waals surface area (Å²) in [6.07, 6.45) is -0.942. The first-order valence-corrected chi connectivity index (χ1v) is 9.79. The van der Waals surface area contributed by atoms with Gasteiger partial charge in [0.1, 0.15) is 19.2 Å². The summed E-state index contributed by atoms with van der Waals surface area (Å²) in [6.45, 7) is 1.08. The molecule has 0 unspecified atom stereocenters. The summed E-state index contributed by atoms with van der Waals surface area (Å²) in [6, 6.07) is 2.32. The van der Waals surface area contributed by atoms with Crippen molar-refractivity contribution >= 4 is 22.7 Å². The third-order valence-electron chi connectivity index (χ3n) is 5.84. The molecule has 0 spiro atoms. The minimum atomic E-state index is -1.77. The average Bonchev–Trinajstić information content (AvgIpc) is 3.18. The van der Waals surface area contributed by atoms with Gasteiger partial charge in [0.2, 0.25) is 5.43 Å². The molecule has 11 heteroatoms. The summed E-state index contributed by atoms with van der Waals surface area (Å²) < 4.78 is 54.0. The van der Waals surface area contributed by atoms with Crippen molar-refractivity contribution in [2.75, 3.05) is 44.5 Å². The molecule has 0 aliphatic carbocycles. The topological polar surface area (TPSA) is 93.0 Å². The van der Waals surface area contributed by atoms with Crippen LogP contribution in [-0.2, 0) is 10.3 Å². The number of aromatic nitrogens is 1. The van der Waals surface area contributed by atoms with Gasteiger partial charge in [0.25, 0.3) is 0 Å². The van der Waals surface area contributed by atoms with Gasteiger partial charge < -0.3 is 29.4 Å². The standard InChI is InChI=1S/C20H22F3N3O5/c1-20(9-21,10-22)26-8-17(31-19(28)29)18(27)11-4-12(23)15(5-14(11)26)25-6-13-16(7-25)30-3-2-24-13/h4-5,8,13,16,24H,2-3,6-7,9-10H2,1H3,(H,28,29)/t13-,16+/m1/s1. The summed E-state index contributed by atoms with van der Waals surface area (Å²) in [5.74, 6) is -1.38. The number of alkyl halides is 2. The fourth-order valence-electron chi connectivity index (χ4n) is 4.12. The van der Waals surface area contributed by atoms with E-state index in [1.165, 1.54) is 13.0 Å².